The number of ether oxygens (including phenoxy) is 1. The van der Waals surface area contributed by atoms with Gasteiger partial charge in [0.15, 0.2) is 0 Å². The number of methoxy groups -OCH3 is 1. The summed E-state index contributed by atoms with van der Waals surface area (Å²) in [7, 11) is 1.31. The maximum Gasteiger partial charge on any atom is 0.406 e. The maximum absolute atomic E-state index is 12.0. The van der Waals surface area contributed by atoms with E-state index in [4.69, 9.17) is 0 Å². The van der Waals surface area contributed by atoms with Gasteiger partial charge in [-0.2, -0.15) is 0 Å². The van der Waals surface area contributed by atoms with Gasteiger partial charge in [-0.3, -0.25) is 4.79 Å². The van der Waals surface area contributed by atoms with Crippen LogP contribution in [0, 0.1) is 6.92 Å². The van der Waals surface area contributed by atoms with Crippen molar-refractivity contribution in [3.05, 3.63) is 35.4 Å². The number of carbonyl (C=O) groups is 2. The second-order valence-corrected chi connectivity index (χ2v) is 5.56. The molecule has 21 heavy (non-hydrogen) atoms. The molecular weight excluding hydrogens is 268 g/mol. The zero-order chi connectivity index (χ0) is 15.9. The average molecular weight is 292 g/mol. The van der Waals surface area contributed by atoms with Gasteiger partial charge in [-0.25, -0.2) is 4.79 Å². The first-order valence-electron chi connectivity index (χ1n) is 7.05. The lowest BCUT2D eigenvalue weighted by molar-refractivity contribution is -0.122. The largest absolute Gasteiger partial charge is 0.453 e. The summed E-state index contributed by atoms with van der Waals surface area (Å²) in [5.74, 6) is -0.0341. The molecule has 0 aromatic heterocycles. The highest BCUT2D eigenvalue weighted by molar-refractivity contribution is 5.77. The number of alkyl carbamates (subject to hydrolysis) is 1. The molecule has 2 N–H and O–H groups in total. The molecule has 5 heteroatoms. The minimum Gasteiger partial charge on any atom is -0.453 e. The SMILES string of the molecule is COC(=O)NCCCC(=O)NC(C)(C)c1cccc(C)c1. The van der Waals surface area contributed by atoms with E-state index in [-0.39, 0.29) is 5.91 Å². The van der Waals surface area contributed by atoms with E-state index >= 15 is 0 Å². The fourth-order valence-electron chi connectivity index (χ4n) is 2.03. The lowest BCUT2D eigenvalue weighted by atomic mass is 9.93. The third kappa shape index (κ3) is 5.85. The third-order valence-corrected chi connectivity index (χ3v) is 3.23. The van der Waals surface area contributed by atoms with Gasteiger partial charge in [0, 0.05) is 13.0 Å². The molecule has 0 fully saturated rings. The Morgan fingerprint density at radius 3 is 2.62 bits per heavy atom. The van der Waals surface area contributed by atoms with Crippen LogP contribution in [0.5, 0.6) is 0 Å². The molecule has 0 heterocycles. The summed E-state index contributed by atoms with van der Waals surface area (Å²) in [6.07, 6.45) is 0.458. The Morgan fingerprint density at radius 1 is 1.29 bits per heavy atom. The second-order valence-electron chi connectivity index (χ2n) is 5.56. The standard InChI is InChI=1S/C16H24N2O3/c1-12-7-5-8-13(11-12)16(2,3)18-14(19)9-6-10-17-15(20)21-4/h5,7-8,11H,6,9-10H2,1-4H3,(H,17,20)(H,18,19). The molecule has 0 radical (unpaired) electrons. The Bertz CT molecular complexity index is 498. The van der Waals surface area contributed by atoms with Gasteiger partial charge in [0.05, 0.1) is 12.6 Å². The molecule has 0 saturated carbocycles. The smallest absolute Gasteiger partial charge is 0.406 e. The van der Waals surface area contributed by atoms with E-state index < -0.39 is 11.6 Å². The zero-order valence-corrected chi connectivity index (χ0v) is 13.2. The Balaban J connectivity index is 2.44. The third-order valence-electron chi connectivity index (χ3n) is 3.23. The van der Waals surface area contributed by atoms with Gasteiger partial charge in [0.1, 0.15) is 0 Å². The van der Waals surface area contributed by atoms with Crippen molar-refractivity contribution >= 4 is 12.0 Å². The van der Waals surface area contributed by atoms with Crippen molar-refractivity contribution in [3.63, 3.8) is 0 Å². The van der Waals surface area contributed by atoms with Crippen LogP contribution in [0.3, 0.4) is 0 Å². The predicted octanol–water partition coefficient (Wildman–Crippen LogP) is 2.48. The normalized spacial score (nSPS) is 10.9. The van der Waals surface area contributed by atoms with Crippen molar-refractivity contribution in [1.82, 2.24) is 10.6 Å². The van der Waals surface area contributed by atoms with Gasteiger partial charge in [0.25, 0.3) is 0 Å². The van der Waals surface area contributed by atoms with E-state index in [0.717, 1.165) is 11.1 Å². The molecule has 0 aliphatic heterocycles. The van der Waals surface area contributed by atoms with Gasteiger partial charge in [0.2, 0.25) is 5.91 Å². The molecule has 0 saturated heterocycles. The van der Waals surface area contributed by atoms with Gasteiger partial charge in [-0.05, 0) is 32.8 Å². The van der Waals surface area contributed by atoms with Gasteiger partial charge >= 0.3 is 6.09 Å². The molecule has 0 spiro atoms. The zero-order valence-electron chi connectivity index (χ0n) is 13.2. The molecular formula is C16H24N2O3. The predicted molar refractivity (Wildman–Crippen MR) is 82.0 cm³/mol. The molecule has 2 amide bonds. The van der Waals surface area contributed by atoms with Crippen LogP contribution >= 0.6 is 0 Å². The Labute approximate surface area is 126 Å². The van der Waals surface area contributed by atoms with Crippen LogP contribution in [0.25, 0.3) is 0 Å². The second kappa shape index (κ2) is 7.67. The molecule has 1 aromatic carbocycles. The lowest BCUT2D eigenvalue weighted by Crippen LogP contribution is -2.41. The van der Waals surface area contributed by atoms with Crippen molar-refractivity contribution in [2.24, 2.45) is 0 Å². The van der Waals surface area contributed by atoms with Crippen molar-refractivity contribution in [2.75, 3.05) is 13.7 Å². The van der Waals surface area contributed by atoms with E-state index in [9.17, 15) is 9.59 Å². The van der Waals surface area contributed by atoms with Crippen molar-refractivity contribution < 1.29 is 14.3 Å². The fraction of sp³-hybridized carbons (Fsp3) is 0.500. The first-order valence-corrected chi connectivity index (χ1v) is 7.05. The molecule has 0 aliphatic rings. The number of carbonyl (C=O) groups excluding carboxylic acids is 2. The van der Waals surface area contributed by atoms with Crippen LogP contribution < -0.4 is 10.6 Å². The van der Waals surface area contributed by atoms with Crippen molar-refractivity contribution in [3.8, 4) is 0 Å². The van der Waals surface area contributed by atoms with Crippen LogP contribution in [0.15, 0.2) is 24.3 Å². The monoisotopic (exact) mass is 292 g/mol. The van der Waals surface area contributed by atoms with Crippen LogP contribution in [-0.2, 0) is 15.1 Å². The number of benzene rings is 1. The number of amides is 2. The lowest BCUT2D eigenvalue weighted by Gasteiger charge is -2.27. The average Bonchev–Trinajstić information content (AvgIpc) is 2.42. The maximum atomic E-state index is 12.0. The molecule has 0 bridgehead atoms. The van der Waals surface area contributed by atoms with E-state index in [1.165, 1.54) is 7.11 Å². The molecule has 0 unspecified atom stereocenters. The summed E-state index contributed by atoms with van der Waals surface area (Å²) in [5.41, 5.74) is 1.82. The quantitative estimate of drug-likeness (QED) is 0.792. The van der Waals surface area contributed by atoms with E-state index in [2.05, 4.69) is 21.4 Å². The number of rotatable bonds is 6. The molecule has 0 atom stereocenters. The number of aryl methyl sites for hydroxylation is 1. The number of hydrogen-bond donors (Lipinski definition) is 2. The first kappa shape index (κ1) is 17.0. The summed E-state index contributed by atoms with van der Waals surface area (Å²) < 4.78 is 4.46. The summed E-state index contributed by atoms with van der Waals surface area (Å²) in [4.78, 5) is 22.8. The summed E-state index contributed by atoms with van der Waals surface area (Å²) in [6, 6.07) is 8.09. The molecule has 5 nitrogen and oxygen atoms in total. The molecule has 1 aromatic rings. The van der Waals surface area contributed by atoms with Gasteiger partial charge in [-0.15, -0.1) is 0 Å². The minimum atomic E-state index is -0.476. The first-order chi connectivity index (χ1) is 9.85. The Kier molecular flexibility index (Phi) is 6.21. The number of nitrogens with one attached hydrogen (secondary N) is 2. The summed E-state index contributed by atoms with van der Waals surface area (Å²) in [5, 5.41) is 5.57. The molecule has 1 rings (SSSR count). The van der Waals surface area contributed by atoms with Crippen molar-refractivity contribution in [2.45, 2.75) is 39.2 Å². The highest BCUT2D eigenvalue weighted by atomic mass is 16.5. The van der Waals surface area contributed by atoms with Crippen LogP contribution in [0.1, 0.15) is 37.8 Å². The van der Waals surface area contributed by atoms with E-state index in [1.807, 2.05) is 39.0 Å². The van der Waals surface area contributed by atoms with Crippen LogP contribution in [-0.4, -0.2) is 25.7 Å². The Morgan fingerprint density at radius 2 is 2.00 bits per heavy atom. The van der Waals surface area contributed by atoms with Gasteiger partial charge in [-0.1, -0.05) is 29.8 Å². The van der Waals surface area contributed by atoms with Gasteiger partial charge < -0.3 is 15.4 Å². The van der Waals surface area contributed by atoms with Crippen LogP contribution in [0.2, 0.25) is 0 Å². The van der Waals surface area contributed by atoms with Crippen LogP contribution in [0.4, 0.5) is 4.79 Å². The summed E-state index contributed by atoms with van der Waals surface area (Å²) in [6.45, 7) is 6.41. The fourth-order valence-corrected chi connectivity index (χ4v) is 2.03. The molecule has 0 aliphatic carbocycles. The Hall–Kier alpha value is -2.04. The molecule has 116 valence electrons. The topological polar surface area (TPSA) is 67.4 Å². The van der Waals surface area contributed by atoms with E-state index in [1.54, 1.807) is 0 Å². The minimum absolute atomic E-state index is 0.0341. The highest BCUT2D eigenvalue weighted by Crippen LogP contribution is 2.21. The van der Waals surface area contributed by atoms with E-state index in [0.29, 0.717) is 19.4 Å². The summed E-state index contributed by atoms with van der Waals surface area (Å²) >= 11 is 0. The highest BCUT2D eigenvalue weighted by Gasteiger charge is 2.22. The van der Waals surface area contributed by atoms with Crippen molar-refractivity contribution in [1.29, 1.82) is 0 Å². The number of hydrogen-bond acceptors (Lipinski definition) is 3.